The molecule has 3 heterocycles. The highest BCUT2D eigenvalue weighted by Gasteiger charge is 2.50. The molecule has 25 heavy (non-hydrogen) atoms. The third-order valence-electron chi connectivity index (χ3n) is 6.33. The SMILES string of the molecule is CC1=C(C(=O)N2CCC3(CCCN(CC4CCC4)C3=O)C2)OCCO1. The predicted octanol–water partition coefficient (Wildman–Crippen LogP) is 1.91. The van der Waals surface area contributed by atoms with Gasteiger partial charge in [0, 0.05) is 26.2 Å². The Morgan fingerprint density at radius 2 is 1.96 bits per heavy atom. The number of hydrogen-bond acceptors (Lipinski definition) is 4. The summed E-state index contributed by atoms with van der Waals surface area (Å²) in [4.78, 5) is 29.8. The molecule has 3 aliphatic heterocycles. The van der Waals surface area contributed by atoms with Crippen molar-refractivity contribution >= 4 is 11.8 Å². The predicted molar refractivity (Wildman–Crippen MR) is 91.4 cm³/mol. The molecule has 1 saturated carbocycles. The van der Waals surface area contributed by atoms with E-state index in [9.17, 15) is 9.59 Å². The Morgan fingerprint density at radius 3 is 2.68 bits per heavy atom. The van der Waals surface area contributed by atoms with E-state index >= 15 is 0 Å². The summed E-state index contributed by atoms with van der Waals surface area (Å²) in [5.74, 6) is 1.71. The van der Waals surface area contributed by atoms with Crippen LogP contribution in [0.5, 0.6) is 0 Å². The van der Waals surface area contributed by atoms with Gasteiger partial charge in [-0.1, -0.05) is 6.42 Å². The molecule has 0 bridgehead atoms. The Balaban J connectivity index is 1.44. The lowest BCUT2D eigenvalue weighted by Crippen LogP contribution is -2.52. The summed E-state index contributed by atoms with van der Waals surface area (Å²) in [6.07, 6.45) is 6.52. The van der Waals surface area contributed by atoms with Gasteiger partial charge in [-0.3, -0.25) is 9.59 Å². The lowest BCUT2D eigenvalue weighted by atomic mass is 9.77. The standard InChI is InChI=1S/C19H28N2O4/c1-14-16(25-11-10-24-14)17(22)21-9-7-19(13-21)6-3-8-20(18(19)23)12-15-4-2-5-15/h15H,2-13H2,1H3. The van der Waals surface area contributed by atoms with E-state index in [-0.39, 0.29) is 17.2 Å². The average Bonchev–Trinajstić information content (AvgIpc) is 3.00. The van der Waals surface area contributed by atoms with Crippen LogP contribution in [-0.2, 0) is 19.1 Å². The van der Waals surface area contributed by atoms with Crippen LogP contribution in [0.2, 0.25) is 0 Å². The number of likely N-dealkylation sites (tertiary alicyclic amines) is 2. The van der Waals surface area contributed by atoms with Crippen molar-refractivity contribution in [2.75, 3.05) is 39.4 Å². The smallest absolute Gasteiger partial charge is 0.292 e. The molecule has 0 aromatic rings. The van der Waals surface area contributed by atoms with Crippen LogP contribution in [0.3, 0.4) is 0 Å². The van der Waals surface area contributed by atoms with E-state index in [1.807, 2.05) is 0 Å². The van der Waals surface area contributed by atoms with Crippen molar-refractivity contribution in [2.45, 2.75) is 45.4 Å². The molecule has 2 saturated heterocycles. The van der Waals surface area contributed by atoms with Gasteiger partial charge in [0.25, 0.3) is 5.91 Å². The van der Waals surface area contributed by atoms with Crippen molar-refractivity contribution in [3.63, 3.8) is 0 Å². The average molecular weight is 348 g/mol. The van der Waals surface area contributed by atoms with E-state index in [1.54, 1.807) is 11.8 Å². The number of carbonyl (C=O) groups is 2. The van der Waals surface area contributed by atoms with Crippen LogP contribution in [0.15, 0.2) is 11.5 Å². The van der Waals surface area contributed by atoms with E-state index in [1.165, 1.54) is 19.3 Å². The molecule has 4 rings (SSSR count). The Bertz CT molecular complexity index is 598. The number of rotatable bonds is 3. The molecule has 3 fully saturated rings. The van der Waals surface area contributed by atoms with Crippen LogP contribution in [0.4, 0.5) is 0 Å². The number of ether oxygens (including phenoxy) is 2. The third kappa shape index (κ3) is 3.00. The van der Waals surface area contributed by atoms with E-state index < -0.39 is 0 Å². The molecule has 1 aliphatic carbocycles. The van der Waals surface area contributed by atoms with Gasteiger partial charge in [0.1, 0.15) is 19.0 Å². The Hall–Kier alpha value is -1.72. The van der Waals surface area contributed by atoms with Gasteiger partial charge in [-0.05, 0) is 44.9 Å². The zero-order valence-electron chi connectivity index (χ0n) is 15.1. The monoisotopic (exact) mass is 348 g/mol. The Kier molecular flexibility index (Phi) is 4.38. The van der Waals surface area contributed by atoms with Gasteiger partial charge in [0.15, 0.2) is 0 Å². The summed E-state index contributed by atoms with van der Waals surface area (Å²) in [5, 5.41) is 0. The summed E-state index contributed by atoms with van der Waals surface area (Å²) in [7, 11) is 0. The first kappa shape index (κ1) is 16.7. The van der Waals surface area contributed by atoms with E-state index in [0.717, 1.165) is 32.4 Å². The molecule has 1 unspecified atom stereocenters. The van der Waals surface area contributed by atoms with Gasteiger partial charge in [-0.15, -0.1) is 0 Å². The topological polar surface area (TPSA) is 59.1 Å². The second-order valence-corrected chi connectivity index (χ2v) is 7.99. The van der Waals surface area contributed by atoms with Crippen LogP contribution in [0, 0.1) is 11.3 Å². The van der Waals surface area contributed by atoms with Gasteiger partial charge in [-0.25, -0.2) is 0 Å². The molecular weight excluding hydrogens is 320 g/mol. The maximum absolute atomic E-state index is 13.2. The van der Waals surface area contributed by atoms with Crippen molar-refractivity contribution in [1.29, 1.82) is 0 Å². The highest BCUT2D eigenvalue weighted by atomic mass is 16.6. The molecular formula is C19H28N2O4. The summed E-state index contributed by atoms with van der Waals surface area (Å²) in [6.45, 7) is 5.60. The highest BCUT2D eigenvalue weighted by Crippen LogP contribution is 2.41. The maximum Gasteiger partial charge on any atom is 0.292 e. The van der Waals surface area contributed by atoms with Crippen LogP contribution < -0.4 is 0 Å². The zero-order valence-corrected chi connectivity index (χ0v) is 15.1. The molecule has 0 aromatic heterocycles. The molecule has 6 nitrogen and oxygen atoms in total. The molecule has 1 atom stereocenters. The number of piperidine rings is 1. The van der Waals surface area contributed by atoms with Crippen LogP contribution >= 0.6 is 0 Å². The second-order valence-electron chi connectivity index (χ2n) is 7.99. The van der Waals surface area contributed by atoms with Crippen LogP contribution in [-0.4, -0.2) is 61.0 Å². The fourth-order valence-corrected chi connectivity index (χ4v) is 4.60. The number of amides is 2. The first-order valence-corrected chi connectivity index (χ1v) is 9.64. The first-order chi connectivity index (χ1) is 12.1. The molecule has 0 N–H and O–H groups in total. The minimum Gasteiger partial charge on any atom is -0.491 e. The molecule has 0 radical (unpaired) electrons. The van der Waals surface area contributed by atoms with Gasteiger partial charge in [0.2, 0.25) is 11.7 Å². The lowest BCUT2D eigenvalue weighted by Gasteiger charge is -2.42. The quantitative estimate of drug-likeness (QED) is 0.782. The fraction of sp³-hybridized carbons (Fsp3) is 0.789. The maximum atomic E-state index is 13.2. The number of hydrogen-bond donors (Lipinski definition) is 0. The number of nitrogens with zero attached hydrogens (tertiary/aromatic N) is 2. The van der Waals surface area contributed by atoms with Crippen molar-refractivity contribution in [2.24, 2.45) is 11.3 Å². The van der Waals surface area contributed by atoms with Crippen LogP contribution in [0.1, 0.15) is 45.4 Å². The third-order valence-corrected chi connectivity index (χ3v) is 6.33. The summed E-state index contributed by atoms with van der Waals surface area (Å²) >= 11 is 0. The van der Waals surface area contributed by atoms with Crippen molar-refractivity contribution in [1.82, 2.24) is 9.80 Å². The molecule has 2 amide bonds. The normalized spacial score (nSPS) is 30.4. The Labute approximate surface area is 149 Å². The minimum atomic E-state index is -0.373. The lowest BCUT2D eigenvalue weighted by molar-refractivity contribution is -0.147. The largest absolute Gasteiger partial charge is 0.491 e. The van der Waals surface area contributed by atoms with E-state index in [4.69, 9.17) is 9.47 Å². The van der Waals surface area contributed by atoms with Gasteiger partial charge in [0.05, 0.1) is 5.41 Å². The first-order valence-electron chi connectivity index (χ1n) is 9.64. The van der Waals surface area contributed by atoms with E-state index in [0.29, 0.717) is 43.7 Å². The Morgan fingerprint density at radius 1 is 1.16 bits per heavy atom. The van der Waals surface area contributed by atoms with Crippen molar-refractivity contribution < 1.29 is 19.1 Å². The highest BCUT2D eigenvalue weighted by molar-refractivity contribution is 5.93. The molecule has 0 aromatic carbocycles. The summed E-state index contributed by atoms with van der Waals surface area (Å²) in [6, 6.07) is 0. The second kappa shape index (κ2) is 6.54. The molecule has 6 heteroatoms. The molecule has 4 aliphatic rings. The minimum absolute atomic E-state index is 0.127. The number of allylic oxidation sites excluding steroid dienone is 1. The summed E-state index contributed by atoms with van der Waals surface area (Å²) in [5.41, 5.74) is -0.373. The van der Waals surface area contributed by atoms with Crippen LogP contribution in [0.25, 0.3) is 0 Å². The number of carbonyl (C=O) groups excluding carboxylic acids is 2. The van der Waals surface area contributed by atoms with Crippen molar-refractivity contribution in [3.8, 4) is 0 Å². The van der Waals surface area contributed by atoms with Crippen molar-refractivity contribution in [3.05, 3.63) is 11.5 Å². The molecule has 1 spiro atoms. The summed E-state index contributed by atoms with van der Waals surface area (Å²) < 4.78 is 11.0. The fourth-order valence-electron chi connectivity index (χ4n) is 4.60. The molecule has 138 valence electrons. The van der Waals surface area contributed by atoms with Gasteiger partial charge >= 0.3 is 0 Å². The van der Waals surface area contributed by atoms with Gasteiger partial charge in [-0.2, -0.15) is 0 Å². The van der Waals surface area contributed by atoms with Gasteiger partial charge < -0.3 is 19.3 Å². The van der Waals surface area contributed by atoms with E-state index in [2.05, 4.69) is 4.90 Å². The zero-order chi connectivity index (χ0) is 17.4.